The standard InChI is InChI=1S/C28H28FN5O2/c1-16-31-26-22(33(16)2)10-8-18(27(26)34-15-17-7-9-19(34)13-17)14-23(35)21-11-12-30-28(32-21)25-20(29)5-4-6-24(25)36-3/h4-6,8,10-12,17,19H,7,9,13-15H2,1-3H3/t17-,19+/m1/s1. The molecular formula is C28H28FN5O2. The summed E-state index contributed by atoms with van der Waals surface area (Å²) < 4.78 is 22.0. The fourth-order valence-electron chi connectivity index (χ4n) is 5.85. The maximum absolute atomic E-state index is 14.6. The Balaban J connectivity index is 1.39. The Morgan fingerprint density at radius 3 is 2.78 bits per heavy atom. The van der Waals surface area contributed by atoms with Crippen molar-refractivity contribution in [2.45, 2.75) is 38.6 Å². The van der Waals surface area contributed by atoms with Crippen molar-refractivity contribution >= 4 is 22.5 Å². The first kappa shape index (κ1) is 22.6. The number of Topliss-reactive ketones (excluding diaryl/α,β-unsaturated/α-hetero) is 1. The summed E-state index contributed by atoms with van der Waals surface area (Å²) in [6, 6.07) is 10.7. The highest BCUT2D eigenvalue weighted by Gasteiger charge is 2.39. The molecular weight excluding hydrogens is 457 g/mol. The number of carbonyl (C=O) groups excluding carboxylic acids is 1. The van der Waals surface area contributed by atoms with Gasteiger partial charge in [-0.25, -0.2) is 19.3 Å². The SMILES string of the molecule is COc1cccc(F)c1-c1nccc(C(=O)Cc2ccc3c(nc(C)n3C)c2N2C[C@@H]3CC[C@H]2C3)n1. The molecule has 0 unspecified atom stereocenters. The molecule has 1 saturated heterocycles. The van der Waals surface area contributed by atoms with E-state index in [0.29, 0.717) is 17.7 Å². The third kappa shape index (κ3) is 3.63. The lowest BCUT2D eigenvalue weighted by atomic mass is 10.0. The van der Waals surface area contributed by atoms with Crippen LogP contribution in [0.1, 0.15) is 41.1 Å². The van der Waals surface area contributed by atoms with Gasteiger partial charge in [0.15, 0.2) is 11.6 Å². The van der Waals surface area contributed by atoms with Gasteiger partial charge in [-0.15, -0.1) is 0 Å². The highest BCUT2D eigenvalue weighted by molar-refractivity contribution is 6.00. The van der Waals surface area contributed by atoms with Crippen molar-refractivity contribution in [1.29, 1.82) is 0 Å². The van der Waals surface area contributed by atoms with E-state index in [2.05, 4.69) is 19.4 Å². The molecule has 1 saturated carbocycles. The molecule has 8 heteroatoms. The van der Waals surface area contributed by atoms with E-state index in [0.717, 1.165) is 34.7 Å². The van der Waals surface area contributed by atoms with Crippen molar-refractivity contribution in [3.8, 4) is 17.1 Å². The Morgan fingerprint density at radius 2 is 2.03 bits per heavy atom. The number of aromatic nitrogens is 4. The van der Waals surface area contributed by atoms with Crippen LogP contribution in [0.2, 0.25) is 0 Å². The van der Waals surface area contributed by atoms with E-state index in [-0.39, 0.29) is 29.3 Å². The molecule has 0 radical (unpaired) electrons. The van der Waals surface area contributed by atoms with Crippen LogP contribution >= 0.6 is 0 Å². The van der Waals surface area contributed by atoms with Gasteiger partial charge >= 0.3 is 0 Å². The zero-order valence-corrected chi connectivity index (χ0v) is 20.7. The van der Waals surface area contributed by atoms with Gasteiger partial charge in [-0.1, -0.05) is 12.1 Å². The summed E-state index contributed by atoms with van der Waals surface area (Å²) in [5.41, 5.74) is 4.43. The molecule has 1 aliphatic heterocycles. The number of rotatable bonds is 6. The van der Waals surface area contributed by atoms with Crippen LogP contribution in [-0.2, 0) is 13.5 Å². The van der Waals surface area contributed by atoms with E-state index >= 15 is 0 Å². The summed E-state index contributed by atoms with van der Waals surface area (Å²) in [5, 5.41) is 0. The number of anilines is 1. The minimum Gasteiger partial charge on any atom is -0.496 e. The van der Waals surface area contributed by atoms with E-state index in [1.165, 1.54) is 38.6 Å². The van der Waals surface area contributed by atoms with Crippen molar-refractivity contribution in [1.82, 2.24) is 19.5 Å². The first-order valence-corrected chi connectivity index (χ1v) is 12.3. The Labute approximate surface area is 209 Å². The van der Waals surface area contributed by atoms with Gasteiger partial charge in [0.25, 0.3) is 0 Å². The second-order valence-electron chi connectivity index (χ2n) is 9.83. The number of methoxy groups -OCH3 is 1. The molecule has 36 heavy (non-hydrogen) atoms. The lowest BCUT2D eigenvalue weighted by molar-refractivity contribution is 0.0988. The van der Waals surface area contributed by atoms with Crippen molar-refractivity contribution in [3.63, 3.8) is 0 Å². The molecule has 2 bridgehead atoms. The molecule has 0 spiro atoms. The highest BCUT2D eigenvalue weighted by atomic mass is 19.1. The van der Waals surface area contributed by atoms with Gasteiger partial charge in [-0.05, 0) is 61.9 Å². The number of halogens is 1. The predicted octanol–water partition coefficient (Wildman–Crippen LogP) is 4.90. The maximum Gasteiger partial charge on any atom is 0.185 e. The monoisotopic (exact) mass is 485 g/mol. The fourth-order valence-corrected chi connectivity index (χ4v) is 5.85. The van der Waals surface area contributed by atoms with E-state index in [4.69, 9.17) is 9.72 Å². The maximum atomic E-state index is 14.6. The largest absolute Gasteiger partial charge is 0.496 e. The molecule has 2 fully saturated rings. The van der Waals surface area contributed by atoms with Gasteiger partial charge in [-0.3, -0.25) is 4.79 Å². The summed E-state index contributed by atoms with van der Waals surface area (Å²) >= 11 is 0. The summed E-state index contributed by atoms with van der Waals surface area (Å²) in [6.07, 6.45) is 5.33. The average Bonchev–Trinajstić information content (AvgIpc) is 3.59. The van der Waals surface area contributed by atoms with Crippen LogP contribution < -0.4 is 9.64 Å². The first-order valence-electron chi connectivity index (χ1n) is 12.3. The van der Waals surface area contributed by atoms with Crippen LogP contribution in [0, 0.1) is 18.7 Å². The van der Waals surface area contributed by atoms with E-state index in [1.807, 2.05) is 26.1 Å². The Morgan fingerprint density at radius 1 is 1.17 bits per heavy atom. The minimum atomic E-state index is -0.499. The molecule has 2 aliphatic rings. The van der Waals surface area contributed by atoms with Crippen LogP contribution in [0.3, 0.4) is 0 Å². The Kier molecular flexibility index (Phi) is 5.47. The zero-order valence-electron chi connectivity index (χ0n) is 20.7. The number of piperidine rings is 1. The highest BCUT2D eigenvalue weighted by Crippen LogP contribution is 2.44. The number of ketones is 1. The Hall–Kier alpha value is -3.81. The van der Waals surface area contributed by atoms with Crippen LogP contribution in [0.15, 0.2) is 42.6 Å². The number of ether oxygens (including phenoxy) is 1. The number of nitrogens with zero attached hydrogens (tertiary/aromatic N) is 5. The number of hydrogen-bond donors (Lipinski definition) is 0. The van der Waals surface area contributed by atoms with Crippen LogP contribution in [0.25, 0.3) is 22.4 Å². The summed E-state index contributed by atoms with van der Waals surface area (Å²) in [6.45, 7) is 3.01. The number of aryl methyl sites for hydroxylation is 2. The lowest BCUT2D eigenvalue weighted by Crippen LogP contribution is -2.33. The molecule has 184 valence electrons. The van der Waals surface area contributed by atoms with E-state index < -0.39 is 5.82 Å². The predicted molar refractivity (Wildman–Crippen MR) is 136 cm³/mol. The fraction of sp³-hybridized carbons (Fsp3) is 0.357. The molecule has 0 amide bonds. The third-order valence-corrected chi connectivity index (χ3v) is 7.74. The Bertz CT molecular complexity index is 1500. The molecule has 3 heterocycles. The number of fused-ring (bicyclic) bond motifs is 3. The smallest absolute Gasteiger partial charge is 0.185 e. The number of imidazole rings is 1. The molecule has 2 aromatic heterocycles. The van der Waals surface area contributed by atoms with Crippen molar-refractivity contribution in [2.24, 2.45) is 13.0 Å². The topological polar surface area (TPSA) is 73.1 Å². The quantitative estimate of drug-likeness (QED) is 0.362. The van der Waals surface area contributed by atoms with Gasteiger partial charge < -0.3 is 14.2 Å². The average molecular weight is 486 g/mol. The molecule has 0 N–H and O–H groups in total. The molecule has 2 atom stereocenters. The zero-order chi connectivity index (χ0) is 25.0. The lowest BCUT2D eigenvalue weighted by Gasteiger charge is -2.31. The minimum absolute atomic E-state index is 0.128. The molecule has 2 aromatic carbocycles. The van der Waals surface area contributed by atoms with Gasteiger partial charge in [-0.2, -0.15) is 0 Å². The summed E-state index contributed by atoms with van der Waals surface area (Å²) in [7, 11) is 3.49. The van der Waals surface area contributed by atoms with E-state index in [1.54, 1.807) is 18.2 Å². The van der Waals surface area contributed by atoms with E-state index in [9.17, 15) is 9.18 Å². The van der Waals surface area contributed by atoms with Crippen LogP contribution in [0.5, 0.6) is 5.75 Å². The van der Waals surface area contributed by atoms with Crippen molar-refractivity contribution < 1.29 is 13.9 Å². The number of hydrogen-bond acceptors (Lipinski definition) is 6. The number of carbonyl (C=O) groups is 1. The van der Waals surface area contributed by atoms with Crippen molar-refractivity contribution in [3.05, 3.63) is 65.5 Å². The second kappa shape index (κ2) is 8.69. The summed E-state index contributed by atoms with van der Waals surface area (Å²) in [4.78, 5) is 29.5. The third-order valence-electron chi connectivity index (χ3n) is 7.74. The van der Waals surface area contributed by atoms with Gasteiger partial charge in [0.1, 0.15) is 28.6 Å². The summed E-state index contributed by atoms with van der Waals surface area (Å²) in [5.74, 6) is 1.45. The number of benzene rings is 2. The van der Waals surface area contributed by atoms with Gasteiger partial charge in [0, 0.05) is 32.3 Å². The molecule has 4 aromatic rings. The van der Waals surface area contributed by atoms with Gasteiger partial charge in [0.05, 0.1) is 23.9 Å². The molecule has 6 rings (SSSR count). The molecule has 1 aliphatic carbocycles. The first-order chi connectivity index (χ1) is 17.4. The second-order valence-corrected chi connectivity index (χ2v) is 9.83. The van der Waals surface area contributed by atoms with Crippen LogP contribution in [0.4, 0.5) is 10.1 Å². The van der Waals surface area contributed by atoms with Gasteiger partial charge in [0.2, 0.25) is 0 Å². The molecule has 7 nitrogen and oxygen atoms in total. The normalized spacial score (nSPS) is 18.8. The van der Waals surface area contributed by atoms with Crippen LogP contribution in [-0.4, -0.2) is 45.0 Å². The van der Waals surface area contributed by atoms with Crippen molar-refractivity contribution in [2.75, 3.05) is 18.6 Å².